The van der Waals surface area contributed by atoms with Crippen LogP contribution < -0.4 is 5.32 Å². The Labute approximate surface area is 116 Å². The second-order valence-electron chi connectivity index (χ2n) is 6.69. The van der Waals surface area contributed by atoms with E-state index in [1.807, 2.05) is 0 Å². The van der Waals surface area contributed by atoms with Crippen LogP contribution in [0.5, 0.6) is 0 Å². The lowest BCUT2D eigenvalue weighted by Gasteiger charge is -2.36. The fourth-order valence-electron chi connectivity index (χ4n) is 3.74. The molecular formula is C16H27NO2. The molecular weight excluding hydrogens is 238 g/mol. The molecule has 0 aliphatic heterocycles. The average Bonchev–Trinajstić information content (AvgIpc) is 2.49. The predicted octanol–water partition coefficient (Wildman–Crippen LogP) is 2.87. The van der Waals surface area contributed by atoms with Crippen molar-refractivity contribution in [1.82, 2.24) is 5.32 Å². The van der Waals surface area contributed by atoms with Gasteiger partial charge in [-0.2, -0.15) is 0 Å². The van der Waals surface area contributed by atoms with E-state index < -0.39 is 0 Å². The van der Waals surface area contributed by atoms with Crippen LogP contribution in [-0.4, -0.2) is 25.7 Å². The summed E-state index contributed by atoms with van der Waals surface area (Å²) in [5.41, 5.74) is -0.312. The topological polar surface area (TPSA) is 46.2 Å². The molecule has 2 saturated carbocycles. The third-order valence-electron chi connectivity index (χ3n) is 5.15. The van der Waals surface area contributed by atoms with E-state index in [0.29, 0.717) is 0 Å². The summed E-state index contributed by atoms with van der Waals surface area (Å²) >= 11 is 0. The Hall–Kier alpha value is -0.700. The zero-order valence-electron chi connectivity index (χ0n) is 12.0. The van der Waals surface area contributed by atoms with Gasteiger partial charge in [0.15, 0.2) is 0 Å². The van der Waals surface area contributed by atoms with E-state index in [-0.39, 0.29) is 10.8 Å². The first-order valence-electron chi connectivity index (χ1n) is 7.88. The summed E-state index contributed by atoms with van der Waals surface area (Å²) in [4.78, 5) is 22.8. The molecule has 2 rings (SSSR count). The maximum atomic E-state index is 11.4. The van der Waals surface area contributed by atoms with Crippen LogP contribution in [0.25, 0.3) is 0 Å². The van der Waals surface area contributed by atoms with Gasteiger partial charge in [-0.15, -0.1) is 0 Å². The summed E-state index contributed by atoms with van der Waals surface area (Å²) in [5, 5.41) is 3.45. The van der Waals surface area contributed by atoms with Crippen LogP contribution in [0.15, 0.2) is 0 Å². The Morgan fingerprint density at radius 3 is 1.37 bits per heavy atom. The fourth-order valence-corrected chi connectivity index (χ4v) is 3.74. The Morgan fingerprint density at radius 1 is 0.684 bits per heavy atom. The molecule has 0 amide bonds. The third-order valence-corrected chi connectivity index (χ3v) is 5.15. The quantitative estimate of drug-likeness (QED) is 0.751. The minimum atomic E-state index is -0.156. The van der Waals surface area contributed by atoms with Gasteiger partial charge in [-0.1, -0.05) is 38.5 Å². The molecule has 3 heteroatoms. The SMILES string of the molecule is O=CC1(CNCC2(C=O)CCCCC2)CCCCC1. The molecule has 19 heavy (non-hydrogen) atoms. The number of hydrogen-bond donors (Lipinski definition) is 1. The van der Waals surface area contributed by atoms with Gasteiger partial charge in [-0.25, -0.2) is 0 Å². The molecule has 2 fully saturated rings. The minimum absolute atomic E-state index is 0.156. The number of rotatable bonds is 6. The van der Waals surface area contributed by atoms with Crippen LogP contribution in [0.3, 0.4) is 0 Å². The van der Waals surface area contributed by atoms with Gasteiger partial charge in [0.2, 0.25) is 0 Å². The van der Waals surface area contributed by atoms with Crippen molar-refractivity contribution in [2.45, 2.75) is 64.2 Å². The molecule has 2 aliphatic carbocycles. The van der Waals surface area contributed by atoms with Crippen molar-refractivity contribution in [1.29, 1.82) is 0 Å². The molecule has 1 N–H and O–H groups in total. The van der Waals surface area contributed by atoms with Gasteiger partial charge < -0.3 is 14.9 Å². The first kappa shape index (κ1) is 14.7. The van der Waals surface area contributed by atoms with Crippen LogP contribution >= 0.6 is 0 Å². The summed E-state index contributed by atoms with van der Waals surface area (Å²) in [6, 6.07) is 0. The zero-order valence-corrected chi connectivity index (χ0v) is 12.0. The summed E-state index contributed by atoms with van der Waals surface area (Å²) in [7, 11) is 0. The number of hydrogen-bond acceptors (Lipinski definition) is 3. The van der Waals surface area contributed by atoms with Gasteiger partial charge in [-0.05, 0) is 25.7 Å². The summed E-state index contributed by atoms with van der Waals surface area (Å²) in [6.45, 7) is 1.51. The number of carbonyl (C=O) groups excluding carboxylic acids is 2. The zero-order chi connectivity index (χ0) is 13.6. The van der Waals surface area contributed by atoms with Gasteiger partial charge in [0.05, 0.1) is 0 Å². The minimum Gasteiger partial charge on any atom is -0.315 e. The molecule has 0 unspecified atom stereocenters. The standard InChI is InChI=1S/C16H27NO2/c18-13-15(7-3-1-4-8-15)11-17-12-16(14-19)9-5-2-6-10-16/h13-14,17H,1-12H2. The maximum absolute atomic E-state index is 11.4. The van der Waals surface area contributed by atoms with E-state index in [1.54, 1.807) is 0 Å². The molecule has 0 heterocycles. The van der Waals surface area contributed by atoms with Gasteiger partial charge >= 0.3 is 0 Å². The van der Waals surface area contributed by atoms with Gasteiger partial charge in [-0.3, -0.25) is 0 Å². The molecule has 0 aromatic rings. The van der Waals surface area contributed by atoms with Gasteiger partial charge in [0, 0.05) is 23.9 Å². The second-order valence-corrected chi connectivity index (χ2v) is 6.69. The number of aldehydes is 2. The lowest BCUT2D eigenvalue weighted by Crippen LogP contribution is -2.43. The van der Waals surface area contributed by atoms with E-state index in [0.717, 1.165) is 51.3 Å². The summed E-state index contributed by atoms with van der Waals surface area (Å²) in [6.07, 6.45) is 13.5. The van der Waals surface area contributed by atoms with Gasteiger partial charge in [0.25, 0.3) is 0 Å². The highest BCUT2D eigenvalue weighted by atomic mass is 16.1. The largest absolute Gasteiger partial charge is 0.315 e. The molecule has 0 saturated heterocycles. The van der Waals surface area contributed by atoms with E-state index in [9.17, 15) is 9.59 Å². The van der Waals surface area contributed by atoms with Crippen LogP contribution in [0, 0.1) is 10.8 Å². The summed E-state index contributed by atoms with van der Waals surface area (Å²) < 4.78 is 0. The van der Waals surface area contributed by atoms with Crippen LogP contribution in [-0.2, 0) is 9.59 Å². The fraction of sp³-hybridized carbons (Fsp3) is 0.875. The van der Waals surface area contributed by atoms with Crippen molar-refractivity contribution in [3.05, 3.63) is 0 Å². The lowest BCUT2D eigenvalue weighted by atomic mass is 9.73. The molecule has 0 bridgehead atoms. The first-order chi connectivity index (χ1) is 9.24. The molecule has 0 aromatic carbocycles. The van der Waals surface area contributed by atoms with Crippen molar-refractivity contribution < 1.29 is 9.59 Å². The van der Waals surface area contributed by atoms with E-state index in [4.69, 9.17) is 0 Å². The molecule has 0 atom stereocenters. The van der Waals surface area contributed by atoms with Crippen molar-refractivity contribution in [3.63, 3.8) is 0 Å². The monoisotopic (exact) mass is 265 g/mol. The Bertz CT molecular complexity index is 272. The molecule has 3 nitrogen and oxygen atoms in total. The predicted molar refractivity (Wildman–Crippen MR) is 76.0 cm³/mol. The highest BCUT2D eigenvalue weighted by Crippen LogP contribution is 2.36. The molecule has 0 radical (unpaired) electrons. The molecule has 108 valence electrons. The van der Waals surface area contributed by atoms with E-state index in [1.165, 1.54) is 38.5 Å². The van der Waals surface area contributed by atoms with Crippen molar-refractivity contribution in [3.8, 4) is 0 Å². The maximum Gasteiger partial charge on any atom is 0.127 e. The Balaban J connectivity index is 1.83. The molecule has 2 aliphatic rings. The first-order valence-corrected chi connectivity index (χ1v) is 7.88. The lowest BCUT2D eigenvalue weighted by molar-refractivity contribution is -0.118. The van der Waals surface area contributed by atoms with Crippen molar-refractivity contribution >= 4 is 12.6 Å². The molecule has 0 aromatic heterocycles. The van der Waals surface area contributed by atoms with Crippen molar-refractivity contribution in [2.24, 2.45) is 10.8 Å². The van der Waals surface area contributed by atoms with Gasteiger partial charge in [0.1, 0.15) is 12.6 Å². The second kappa shape index (κ2) is 6.65. The number of nitrogens with one attached hydrogen (secondary N) is 1. The highest BCUT2D eigenvalue weighted by molar-refractivity contribution is 5.61. The third kappa shape index (κ3) is 3.65. The van der Waals surface area contributed by atoms with Crippen LogP contribution in [0.1, 0.15) is 64.2 Å². The smallest absolute Gasteiger partial charge is 0.127 e. The van der Waals surface area contributed by atoms with Crippen LogP contribution in [0.2, 0.25) is 0 Å². The Kier molecular flexibility index (Phi) is 5.14. The van der Waals surface area contributed by atoms with Crippen molar-refractivity contribution in [2.75, 3.05) is 13.1 Å². The molecule has 0 spiro atoms. The van der Waals surface area contributed by atoms with E-state index >= 15 is 0 Å². The highest BCUT2D eigenvalue weighted by Gasteiger charge is 2.34. The van der Waals surface area contributed by atoms with E-state index in [2.05, 4.69) is 5.32 Å². The number of carbonyl (C=O) groups is 2. The summed E-state index contributed by atoms with van der Waals surface area (Å²) in [5.74, 6) is 0. The van der Waals surface area contributed by atoms with Crippen LogP contribution in [0.4, 0.5) is 0 Å². The average molecular weight is 265 g/mol. The normalized spacial score (nSPS) is 25.7. The Morgan fingerprint density at radius 2 is 1.05 bits per heavy atom.